The lowest BCUT2D eigenvalue weighted by Crippen LogP contribution is -2.41. The molecule has 0 radical (unpaired) electrons. The number of hydrogen-bond acceptors (Lipinski definition) is 3. The highest BCUT2D eigenvalue weighted by atomic mass is 16.5. The Morgan fingerprint density at radius 3 is 2.33 bits per heavy atom. The lowest BCUT2D eigenvalue weighted by Gasteiger charge is -2.26. The first-order valence-electron chi connectivity index (χ1n) is 7.09. The molecule has 0 unspecified atom stereocenters. The van der Waals surface area contributed by atoms with Gasteiger partial charge in [0.05, 0.1) is 13.2 Å². The number of amides is 1. The molecule has 0 saturated carbocycles. The molecule has 21 heavy (non-hydrogen) atoms. The summed E-state index contributed by atoms with van der Waals surface area (Å²) in [7, 11) is 0. The number of nitriles is 1. The monoisotopic (exact) mass is 284 g/mol. The van der Waals surface area contributed by atoms with Crippen LogP contribution in [0, 0.1) is 32.1 Å². The zero-order valence-electron chi connectivity index (χ0n) is 12.8. The third-order valence-corrected chi connectivity index (χ3v) is 3.68. The fourth-order valence-corrected chi connectivity index (χ4v) is 2.64. The minimum Gasteiger partial charge on any atom is -0.378 e. The van der Waals surface area contributed by atoms with E-state index in [0.717, 1.165) is 16.7 Å². The van der Waals surface area contributed by atoms with Crippen LogP contribution in [-0.4, -0.2) is 37.1 Å². The summed E-state index contributed by atoms with van der Waals surface area (Å²) in [6, 6.07) is 6.17. The van der Waals surface area contributed by atoms with Gasteiger partial charge in [-0.15, -0.1) is 0 Å². The topological polar surface area (TPSA) is 53.3 Å². The third-order valence-electron chi connectivity index (χ3n) is 3.68. The Labute approximate surface area is 125 Å². The van der Waals surface area contributed by atoms with Gasteiger partial charge in [0.1, 0.15) is 11.6 Å². The Hall–Kier alpha value is -2.12. The van der Waals surface area contributed by atoms with Crippen molar-refractivity contribution in [1.29, 1.82) is 5.26 Å². The van der Waals surface area contributed by atoms with Gasteiger partial charge in [-0.1, -0.05) is 17.7 Å². The molecule has 0 atom stereocenters. The van der Waals surface area contributed by atoms with Gasteiger partial charge in [-0.3, -0.25) is 4.79 Å². The van der Waals surface area contributed by atoms with Crippen molar-refractivity contribution in [3.63, 3.8) is 0 Å². The van der Waals surface area contributed by atoms with Crippen LogP contribution in [0.4, 0.5) is 0 Å². The van der Waals surface area contributed by atoms with E-state index in [0.29, 0.717) is 26.3 Å². The molecular weight excluding hydrogens is 264 g/mol. The largest absolute Gasteiger partial charge is 0.378 e. The fraction of sp³-hybridized carbons (Fsp3) is 0.412. The second-order valence-corrected chi connectivity index (χ2v) is 5.39. The van der Waals surface area contributed by atoms with Gasteiger partial charge in [0.2, 0.25) is 0 Å². The molecule has 0 aliphatic carbocycles. The van der Waals surface area contributed by atoms with Crippen molar-refractivity contribution in [2.45, 2.75) is 20.8 Å². The highest BCUT2D eigenvalue weighted by molar-refractivity contribution is 6.02. The molecule has 1 aliphatic rings. The van der Waals surface area contributed by atoms with Crippen LogP contribution in [0.5, 0.6) is 0 Å². The first-order chi connectivity index (χ1) is 10.0. The van der Waals surface area contributed by atoms with Crippen molar-refractivity contribution >= 4 is 12.0 Å². The molecule has 0 spiro atoms. The van der Waals surface area contributed by atoms with Gasteiger partial charge in [-0.2, -0.15) is 5.26 Å². The fourth-order valence-electron chi connectivity index (χ4n) is 2.64. The van der Waals surface area contributed by atoms with E-state index in [4.69, 9.17) is 4.74 Å². The van der Waals surface area contributed by atoms with Crippen molar-refractivity contribution in [2.75, 3.05) is 26.3 Å². The maximum absolute atomic E-state index is 12.4. The van der Waals surface area contributed by atoms with Crippen LogP contribution in [0.25, 0.3) is 6.08 Å². The number of carbonyl (C=O) groups excluding carboxylic acids is 1. The highest BCUT2D eigenvalue weighted by Gasteiger charge is 2.20. The molecule has 0 bridgehead atoms. The zero-order chi connectivity index (χ0) is 15.4. The highest BCUT2D eigenvalue weighted by Crippen LogP contribution is 2.20. The van der Waals surface area contributed by atoms with E-state index in [1.165, 1.54) is 5.56 Å². The third kappa shape index (κ3) is 3.50. The van der Waals surface area contributed by atoms with Crippen molar-refractivity contribution in [2.24, 2.45) is 0 Å². The van der Waals surface area contributed by atoms with Gasteiger partial charge in [0, 0.05) is 13.1 Å². The van der Waals surface area contributed by atoms with Crippen LogP contribution in [0.15, 0.2) is 17.7 Å². The number of nitrogens with zero attached hydrogens (tertiary/aromatic N) is 2. The quantitative estimate of drug-likeness (QED) is 0.619. The Balaban J connectivity index is 2.33. The summed E-state index contributed by atoms with van der Waals surface area (Å²) < 4.78 is 5.24. The van der Waals surface area contributed by atoms with E-state index in [1.807, 2.05) is 26.8 Å². The molecule has 2 rings (SSSR count). The van der Waals surface area contributed by atoms with Gasteiger partial charge in [-0.25, -0.2) is 0 Å². The van der Waals surface area contributed by atoms with E-state index in [1.54, 1.807) is 11.0 Å². The first-order valence-corrected chi connectivity index (χ1v) is 7.09. The first kappa shape index (κ1) is 15.3. The summed E-state index contributed by atoms with van der Waals surface area (Å²) in [5, 5.41) is 9.33. The molecule has 1 aromatic rings. The molecule has 110 valence electrons. The number of carbonyl (C=O) groups is 1. The molecule has 1 aromatic carbocycles. The Morgan fingerprint density at radius 1 is 1.24 bits per heavy atom. The summed E-state index contributed by atoms with van der Waals surface area (Å²) in [5.41, 5.74) is 4.48. The van der Waals surface area contributed by atoms with E-state index in [9.17, 15) is 10.1 Å². The number of benzene rings is 1. The number of hydrogen-bond donors (Lipinski definition) is 0. The van der Waals surface area contributed by atoms with Gasteiger partial charge >= 0.3 is 0 Å². The van der Waals surface area contributed by atoms with Crippen LogP contribution in [0.3, 0.4) is 0 Å². The predicted octanol–water partition coefficient (Wildman–Crippen LogP) is 2.38. The van der Waals surface area contributed by atoms with Crippen molar-refractivity contribution < 1.29 is 9.53 Å². The Kier molecular flexibility index (Phi) is 4.77. The smallest absolute Gasteiger partial charge is 0.264 e. The summed E-state index contributed by atoms with van der Waals surface area (Å²) in [4.78, 5) is 14.1. The standard InChI is InChI=1S/C17H20N2O2/c1-12-8-13(2)16(14(3)9-12)10-15(11-18)17(20)19-4-6-21-7-5-19/h8-10H,4-7H2,1-3H3/b15-10+. The number of ether oxygens (including phenoxy) is 1. The second-order valence-electron chi connectivity index (χ2n) is 5.39. The summed E-state index contributed by atoms with van der Waals surface area (Å²) in [6.45, 7) is 8.20. The van der Waals surface area contributed by atoms with Crippen molar-refractivity contribution in [3.8, 4) is 6.07 Å². The average Bonchev–Trinajstić information content (AvgIpc) is 2.47. The Bertz CT molecular complexity index is 597. The van der Waals surface area contributed by atoms with Crippen molar-refractivity contribution in [3.05, 3.63) is 40.0 Å². The molecule has 1 fully saturated rings. The van der Waals surface area contributed by atoms with Crippen LogP contribution in [0.2, 0.25) is 0 Å². The van der Waals surface area contributed by atoms with Crippen LogP contribution in [0.1, 0.15) is 22.3 Å². The molecule has 4 heteroatoms. The Morgan fingerprint density at radius 2 is 1.81 bits per heavy atom. The van der Waals surface area contributed by atoms with Gasteiger partial charge in [0.15, 0.2) is 0 Å². The molecule has 0 N–H and O–H groups in total. The molecule has 1 aliphatic heterocycles. The van der Waals surface area contributed by atoms with E-state index < -0.39 is 0 Å². The van der Waals surface area contributed by atoms with E-state index >= 15 is 0 Å². The molecule has 1 amide bonds. The maximum atomic E-state index is 12.4. The van der Waals surface area contributed by atoms with Crippen LogP contribution >= 0.6 is 0 Å². The molecule has 0 aromatic heterocycles. The maximum Gasteiger partial charge on any atom is 0.264 e. The number of aryl methyl sites for hydroxylation is 3. The minimum atomic E-state index is -0.208. The van der Waals surface area contributed by atoms with Crippen LogP contribution in [-0.2, 0) is 9.53 Å². The number of rotatable bonds is 2. The normalized spacial score (nSPS) is 15.7. The second kappa shape index (κ2) is 6.55. The minimum absolute atomic E-state index is 0.187. The van der Waals surface area contributed by atoms with Gasteiger partial charge in [-0.05, 0) is 43.5 Å². The SMILES string of the molecule is Cc1cc(C)c(/C=C(\C#N)C(=O)N2CCOCC2)c(C)c1. The summed E-state index contributed by atoms with van der Waals surface area (Å²) in [5.74, 6) is -0.208. The molecule has 1 saturated heterocycles. The molecule has 4 nitrogen and oxygen atoms in total. The summed E-state index contributed by atoms with van der Waals surface area (Å²) in [6.07, 6.45) is 1.71. The van der Waals surface area contributed by atoms with Gasteiger partial charge in [0.25, 0.3) is 5.91 Å². The summed E-state index contributed by atoms with van der Waals surface area (Å²) >= 11 is 0. The van der Waals surface area contributed by atoms with Crippen LogP contribution < -0.4 is 0 Å². The number of morpholine rings is 1. The average molecular weight is 284 g/mol. The molecular formula is C17H20N2O2. The zero-order valence-corrected chi connectivity index (χ0v) is 12.8. The molecule has 1 heterocycles. The van der Waals surface area contributed by atoms with E-state index in [2.05, 4.69) is 12.1 Å². The predicted molar refractivity (Wildman–Crippen MR) is 81.6 cm³/mol. The lowest BCUT2D eigenvalue weighted by molar-refractivity contribution is -0.130. The van der Waals surface area contributed by atoms with E-state index in [-0.39, 0.29) is 11.5 Å². The van der Waals surface area contributed by atoms with Crippen molar-refractivity contribution in [1.82, 2.24) is 4.90 Å². The van der Waals surface area contributed by atoms with Gasteiger partial charge < -0.3 is 9.64 Å². The lowest BCUT2D eigenvalue weighted by atomic mass is 9.97.